The fourth-order valence-corrected chi connectivity index (χ4v) is 1.38. The van der Waals surface area contributed by atoms with Gasteiger partial charge in [0.25, 0.3) is 0 Å². The van der Waals surface area contributed by atoms with Crippen molar-refractivity contribution in [3.05, 3.63) is 48.5 Å². The monoisotopic (exact) mass is 246 g/mol. The van der Waals surface area contributed by atoms with E-state index in [1.807, 2.05) is 12.1 Å². The van der Waals surface area contributed by atoms with Crippen LogP contribution in [0.5, 0.6) is 23.0 Å². The normalized spacial score (nSPS) is 9.67. The van der Waals surface area contributed by atoms with E-state index in [-0.39, 0.29) is 0 Å². The van der Waals surface area contributed by atoms with Gasteiger partial charge in [-0.05, 0) is 36.4 Å². The Kier molecular flexibility index (Phi) is 3.91. The minimum absolute atomic E-state index is 0.574. The van der Waals surface area contributed by atoms with Crippen LogP contribution in [0.1, 0.15) is 0 Å². The highest BCUT2D eigenvalue weighted by molar-refractivity contribution is 5.33. The molecule has 0 aliphatic carbocycles. The summed E-state index contributed by atoms with van der Waals surface area (Å²) in [6, 6.07) is 14.3. The van der Waals surface area contributed by atoms with Gasteiger partial charge in [-0.2, -0.15) is 0 Å². The van der Waals surface area contributed by atoms with Crippen LogP contribution in [0.4, 0.5) is 0 Å². The number of rotatable bonds is 5. The summed E-state index contributed by atoms with van der Waals surface area (Å²) in [4.78, 5) is 10.4. The largest absolute Gasteiger partial charge is 0.497 e. The maximum atomic E-state index is 5.19. The van der Waals surface area contributed by atoms with Crippen molar-refractivity contribution in [1.82, 2.24) is 0 Å². The Morgan fingerprint density at radius 1 is 0.611 bits per heavy atom. The molecule has 0 aliphatic rings. The van der Waals surface area contributed by atoms with E-state index in [1.54, 1.807) is 50.6 Å². The van der Waals surface area contributed by atoms with Crippen LogP contribution in [0.25, 0.3) is 0 Å². The van der Waals surface area contributed by atoms with Gasteiger partial charge >= 0.3 is 0 Å². The van der Waals surface area contributed by atoms with Gasteiger partial charge in [-0.1, -0.05) is 6.07 Å². The summed E-state index contributed by atoms with van der Waals surface area (Å²) in [6.07, 6.45) is 0. The van der Waals surface area contributed by atoms with Gasteiger partial charge in [0, 0.05) is 6.07 Å². The lowest BCUT2D eigenvalue weighted by Crippen LogP contribution is -2.00. The Balaban J connectivity index is 1.97. The van der Waals surface area contributed by atoms with Crippen molar-refractivity contribution in [3.8, 4) is 23.0 Å². The first-order chi connectivity index (χ1) is 8.81. The Hall–Kier alpha value is -2.36. The predicted octanol–water partition coefficient (Wildman–Crippen LogP) is 3.08. The molecule has 0 fully saturated rings. The summed E-state index contributed by atoms with van der Waals surface area (Å²) < 4.78 is 10.1. The number of benzene rings is 2. The molecular formula is C14H14O4. The molecule has 0 unspecified atom stereocenters. The van der Waals surface area contributed by atoms with Crippen molar-refractivity contribution < 1.29 is 19.2 Å². The maximum Gasteiger partial charge on any atom is 0.182 e. The van der Waals surface area contributed by atoms with Crippen molar-refractivity contribution in [2.75, 3.05) is 14.2 Å². The minimum atomic E-state index is 0.574. The van der Waals surface area contributed by atoms with E-state index in [1.165, 1.54) is 0 Å². The maximum absolute atomic E-state index is 5.19. The molecule has 0 amide bonds. The molecule has 0 spiro atoms. The second-order valence-corrected chi connectivity index (χ2v) is 3.52. The molecule has 0 aromatic heterocycles. The topological polar surface area (TPSA) is 36.9 Å². The van der Waals surface area contributed by atoms with Crippen LogP contribution in [0.2, 0.25) is 0 Å². The molecule has 2 aromatic rings. The molecule has 4 nitrogen and oxygen atoms in total. The first-order valence-electron chi connectivity index (χ1n) is 5.44. The summed E-state index contributed by atoms with van der Waals surface area (Å²) in [5.41, 5.74) is 0. The molecule has 0 atom stereocenters. The highest BCUT2D eigenvalue weighted by atomic mass is 17.2. The molecule has 18 heavy (non-hydrogen) atoms. The summed E-state index contributed by atoms with van der Waals surface area (Å²) >= 11 is 0. The van der Waals surface area contributed by atoms with Gasteiger partial charge in [0.2, 0.25) is 0 Å². The third kappa shape index (κ3) is 3.07. The average molecular weight is 246 g/mol. The molecule has 0 saturated heterocycles. The number of hydrogen-bond donors (Lipinski definition) is 0. The van der Waals surface area contributed by atoms with Crippen LogP contribution in [0.15, 0.2) is 48.5 Å². The summed E-state index contributed by atoms with van der Waals surface area (Å²) in [5, 5.41) is 0. The summed E-state index contributed by atoms with van der Waals surface area (Å²) in [6.45, 7) is 0. The van der Waals surface area contributed by atoms with E-state index in [4.69, 9.17) is 19.2 Å². The van der Waals surface area contributed by atoms with Gasteiger partial charge in [-0.15, -0.1) is 0 Å². The summed E-state index contributed by atoms with van der Waals surface area (Å²) in [5.74, 6) is 2.65. The Labute approximate surface area is 106 Å². The molecular weight excluding hydrogens is 232 g/mol. The van der Waals surface area contributed by atoms with Crippen molar-refractivity contribution in [3.63, 3.8) is 0 Å². The van der Waals surface area contributed by atoms with Crippen LogP contribution in [-0.2, 0) is 0 Å². The van der Waals surface area contributed by atoms with Gasteiger partial charge in [-0.3, -0.25) is 9.78 Å². The molecule has 0 radical (unpaired) electrons. The Bertz CT molecular complexity index is 493. The first-order valence-corrected chi connectivity index (χ1v) is 5.44. The van der Waals surface area contributed by atoms with E-state index in [0.29, 0.717) is 17.2 Å². The number of hydrogen-bond acceptors (Lipinski definition) is 4. The molecule has 0 N–H and O–H groups in total. The zero-order chi connectivity index (χ0) is 12.8. The van der Waals surface area contributed by atoms with Crippen LogP contribution in [0.3, 0.4) is 0 Å². The lowest BCUT2D eigenvalue weighted by Gasteiger charge is -2.07. The standard InChI is InChI=1S/C14H14O4/c1-15-11-6-8-12(9-7-11)17-18-14-5-3-4-13(10-14)16-2/h3-10H,1-2H3. The highest BCUT2D eigenvalue weighted by Gasteiger charge is 2.00. The van der Waals surface area contributed by atoms with E-state index < -0.39 is 0 Å². The van der Waals surface area contributed by atoms with Crippen molar-refractivity contribution in [2.45, 2.75) is 0 Å². The predicted molar refractivity (Wildman–Crippen MR) is 67.2 cm³/mol. The van der Waals surface area contributed by atoms with Gasteiger partial charge in [0.1, 0.15) is 11.5 Å². The first kappa shape index (κ1) is 12.1. The highest BCUT2D eigenvalue weighted by Crippen LogP contribution is 2.21. The third-order valence-electron chi connectivity index (χ3n) is 2.33. The molecule has 2 rings (SSSR count). The number of ether oxygens (including phenoxy) is 2. The van der Waals surface area contributed by atoms with Gasteiger partial charge in [-0.25, -0.2) is 0 Å². The fraction of sp³-hybridized carbons (Fsp3) is 0.143. The van der Waals surface area contributed by atoms with Gasteiger partial charge in [0.15, 0.2) is 11.5 Å². The van der Waals surface area contributed by atoms with Crippen LogP contribution in [-0.4, -0.2) is 14.2 Å². The molecule has 0 aliphatic heterocycles. The SMILES string of the molecule is COc1ccc(OOc2cccc(OC)c2)cc1. The second kappa shape index (κ2) is 5.82. The molecule has 0 saturated carbocycles. The van der Waals surface area contributed by atoms with Crippen LogP contribution < -0.4 is 19.2 Å². The molecule has 4 heteroatoms. The van der Waals surface area contributed by atoms with Crippen molar-refractivity contribution in [1.29, 1.82) is 0 Å². The lowest BCUT2D eigenvalue weighted by molar-refractivity contribution is -0.100. The van der Waals surface area contributed by atoms with Crippen LogP contribution in [0, 0.1) is 0 Å². The molecule has 0 heterocycles. The van der Waals surface area contributed by atoms with Gasteiger partial charge in [0.05, 0.1) is 14.2 Å². The smallest absolute Gasteiger partial charge is 0.182 e. The number of methoxy groups -OCH3 is 2. The second-order valence-electron chi connectivity index (χ2n) is 3.52. The molecule has 0 bridgehead atoms. The Morgan fingerprint density at radius 3 is 1.83 bits per heavy atom. The van der Waals surface area contributed by atoms with E-state index in [2.05, 4.69) is 0 Å². The third-order valence-corrected chi connectivity index (χ3v) is 2.33. The lowest BCUT2D eigenvalue weighted by atomic mass is 10.3. The minimum Gasteiger partial charge on any atom is -0.497 e. The van der Waals surface area contributed by atoms with E-state index >= 15 is 0 Å². The van der Waals surface area contributed by atoms with E-state index in [9.17, 15) is 0 Å². The average Bonchev–Trinajstić information content (AvgIpc) is 2.46. The Morgan fingerprint density at radius 2 is 1.17 bits per heavy atom. The molecule has 94 valence electrons. The fourth-order valence-electron chi connectivity index (χ4n) is 1.38. The van der Waals surface area contributed by atoms with Crippen molar-refractivity contribution >= 4 is 0 Å². The van der Waals surface area contributed by atoms with Gasteiger partial charge < -0.3 is 9.47 Å². The zero-order valence-electron chi connectivity index (χ0n) is 10.3. The zero-order valence-corrected chi connectivity index (χ0v) is 10.3. The quantitative estimate of drug-likeness (QED) is 0.600. The van der Waals surface area contributed by atoms with Crippen molar-refractivity contribution in [2.24, 2.45) is 0 Å². The van der Waals surface area contributed by atoms with E-state index in [0.717, 1.165) is 5.75 Å². The van der Waals surface area contributed by atoms with Crippen LogP contribution >= 0.6 is 0 Å². The molecule has 2 aromatic carbocycles. The summed E-state index contributed by atoms with van der Waals surface area (Å²) in [7, 11) is 3.21.